The molecule has 2 aliphatic rings. The SMILES string of the molecule is O=C([O-])NS(=O)(=O)N1CCC(N2CCC(Oc3ccc(Cl)c(Cl)c3)CC2)CC1. The number of nitrogens with zero attached hydrogens (tertiary/aromatic N) is 2. The maximum atomic E-state index is 11.9. The van der Waals surface area contributed by atoms with Crippen molar-refractivity contribution in [3.05, 3.63) is 28.2 Å². The number of carbonyl (C=O) groups is 1. The van der Waals surface area contributed by atoms with E-state index in [9.17, 15) is 18.3 Å². The fourth-order valence-electron chi connectivity index (χ4n) is 3.72. The topological polar surface area (TPSA) is 102 Å². The van der Waals surface area contributed by atoms with Gasteiger partial charge in [0.15, 0.2) is 0 Å². The number of carboxylic acid groups (broad SMARTS) is 1. The van der Waals surface area contributed by atoms with E-state index in [0.717, 1.165) is 30.2 Å². The van der Waals surface area contributed by atoms with Crippen LogP contribution in [0.15, 0.2) is 18.2 Å². The Balaban J connectivity index is 1.46. The summed E-state index contributed by atoms with van der Waals surface area (Å²) in [6, 6.07) is 5.51. The molecule has 11 heteroatoms. The summed E-state index contributed by atoms with van der Waals surface area (Å²) in [6.07, 6.45) is 1.33. The number of ether oxygens (including phenoxy) is 1. The van der Waals surface area contributed by atoms with Gasteiger partial charge >= 0.3 is 10.2 Å². The summed E-state index contributed by atoms with van der Waals surface area (Å²) in [5.41, 5.74) is 0. The number of piperidine rings is 2. The number of benzene rings is 1. The number of halogens is 2. The molecule has 0 spiro atoms. The molecular weight excluding hydrogens is 429 g/mol. The average molecular weight is 451 g/mol. The lowest BCUT2D eigenvalue weighted by atomic mass is 10.00. The number of amides is 1. The van der Waals surface area contributed by atoms with Gasteiger partial charge in [0.05, 0.1) is 10.0 Å². The smallest absolute Gasteiger partial charge is 0.302 e. The highest BCUT2D eigenvalue weighted by Gasteiger charge is 2.32. The average Bonchev–Trinajstić information content (AvgIpc) is 2.64. The fraction of sp³-hybridized carbons (Fsp3) is 0.588. The van der Waals surface area contributed by atoms with Crippen molar-refractivity contribution in [2.45, 2.75) is 37.8 Å². The molecule has 2 fully saturated rings. The molecule has 1 aromatic carbocycles. The van der Waals surface area contributed by atoms with Crippen molar-refractivity contribution in [1.82, 2.24) is 13.9 Å². The summed E-state index contributed by atoms with van der Waals surface area (Å²) in [7, 11) is -4.02. The minimum absolute atomic E-state index is 0.0984. The molecule has 0 saturated carbocycles. The first-order valence-corrected chi connectivity index (χ1v) is 11.3. The highest BCUT2D eigenvalue weighted by Crippen LogP contribution is 2.29. The van der Waals surface area contributed by atoms with E-state index in [-0.39, 0.29) is 25.2 Å². The molecule has 1 amide bonds. The molecule has 2 heterocycles. The second-order valence-electron chi connectivity index (χ2n) is 6.95. The molecular formula is C17H22Cl2N3O5S-. The summed E-state index contributed by atoms with van der Waals surface area (Å²) < 4.78 is 32.4. The van der Waals surface area contributed by atoms with E-state index in [0.29, 0.717) is 28.6 Å². The van der Waals surface area contributed by atoms with Gasteiger partial charge in [-0.05, 0) is 37.8 Å². The lowest BCUT2D eigenvalue weighted by molar-refractivity contribution is -0.248. The largest absolute Gasteiger partial charge is 0.529 e. The maximum absolute atomic E-state index is 11.9. The van der Waals surface area contributed by atoms with Crippen molar-refractivity contribution in [2.24, 2.45) is 0 Å². The van der Waals surface area contributed by atoms with E-state index in [4.69, 9.17) is 27.9 Å². The molecule has 0 atom stereocenters. The van der Waals surface area contributed by atoms with E-state index in [1.165, 1.54) is 4.72 Å². The molecule has 1 N–H and O–H groups in total. The summed E-state index contributed by atoms with van der Waals surface area (Å²) in [6.45, 7) is 2.29. The second-order valence-corrected chi connectivity index (χ2v) is 9.44. The van der Waals surface area contributed by atoms with Crippen molar-refractivity contribution >= 4 is 39.5 Å². The Bertz CT molecular complexity index is 807. The predicted octanol–water partition coefficient (Wildman–Crippen LogP) is 1.48. The Morgan fingerprint density at radius 2 is 1.71 bits per heavy atom. The summed E-state index contributed by atoms with van der Waals surface area (Å²) in [4.78, 5) is 12.9. The van der Waals surface area contributed by atoms with Gasteiger partial charge < -0.3 is 19.5 Å². The lowest BCUT2D eigenvalue weighted by Gasteiger charge is -2.41. The van der Waals surface area contributed by atoms with Gasteiger partial charge in [0.25, 0.3) is 0 Å². The molecule has 28 heavy (non-hydrogen) atoms. The van der Waals surface area contributed by atoms with Crippen LogP contribution in [-0.4, -0.2) is 62.0 Å². The van der Waals surface area contributed by atoms with Gasteiger partial charge in [0.2, 0.25) is 0 Å². The van der Waals surface area contributed by atoms with Gasteiger partial charge in [-0.25, -0.2) is 0 Å². The fourth-order valence-corrected chi connectivity index (χ4v) is 5.04. The second kappa shape index (κ2) is 9.04. The van der Waals surface area contributed by atoms with Crippen LogP contribution in [0.5, 0.6) is 5.75 Å². The van der Waals surface area contributed by atoms with Crippen LogP contribution < -0.4 is 14.6 Å². The molecule has 8 nitrogen and oxygen atoms in total. The van der Waals surface area contributed by atoms with Crippen LogP contribution in [0, 0.1) is 0 Å². The van der Waals surface area contributed by atoms with Crippen molar-refractivity contribution in [3.63, 3.8) is 0 Å². The molecule has 2 saturated heterocycles. The van der Waals surface area contributed by atoms with Crippen LogP contribution in [-0.2, 0) is 10.2 Å². The molecule has 0 aromatic heterocycles. The Labute approximate surface area is 174 Å². The monoisotopic (exact) mass is 450 g/mol. The Morgan fingerprint density at radius 1 is 1.07 bits per heavy atom. The number of likely N-dealkylation sites (tertiary alicyclic amines) is 1. The number of nitrogens with one attached hydrogen (secondary N) is 1. The minimum atomic E-state index is -4.02. The highest BCUT2D eigenvalue weighted by atomic mass is 35.5. The van der Waals surface area contributed by atoms with E-state index >= 15 is 0 Å². The minimum Gasteiger partial charge on any atom is -0.529 e. The summed E-state index contributed by atoms with van der Waals surface area (Å²) in [5.74, 6) is 0.701. The zero-order valence-corrected chi connectivity index (χ0v) is 17.5. The van der Waals surface area contributed by atoms with Crippen molar-refractivity contribution in [3.8, 4) is 5.75 Å². The van der Waals surface area contributed by atoms with Gasteiger partial charge in [0.1, 0.15) is 17.9 Å². The van der Waals surface area contributed by atoms with Crippen molar-refractivity contribution < 1.29 is 23.1 Å². The predicted molar refractivity (Wildman–Crippen MR) is 104 cm³/mol. The van der Waals surface area contributed by atoms with Crippen molar-refractivity contribution in [1.29, 1.82) is 0 Å². The van der Waals surface area contributed by atoms with E-state index in [1.54, 1.807) is 18.2 Å². The number of hydrogen-bond acceptors (Lipinski definition) is 6. The molecule has 0 unspecified atom stereocenters. The first kappa shape index (κ1) is 21.4. The van der Waals surface area contributed by atoms with Crippen LogP contribution in [0.2, 0.25) is 10.0 Å². The van der Waals surface area contributed by atoms with Crippen LogP contribution >= 0.6 is 23.2 Å². The van der Waals surface area contributed by atoms with Crippen molar-refractivity contribution in [2.75, 3.05) is 26.2 Å². The van der Waals surface area contributed by atoms with E-state index in [2.05, 4.69) is 4.90 Å². The highest BCUT2D eigenvalue weighted by molar-refractivity contribution is 7.87. The van der Waals surface area contributed by atoms with Gasteiger partial charge in [-0.3, -0.25) is 4.72 Å². The Kier molecular flexibility index (Phi) is 6.93. The molecule has 0 radical (unpaired) electrons. The third kappa shape index (κ3) is 5.42. The van der Waals surface area contributed by atoms with E-state index in [1.807, 2.05) is 0 Å². The van der Waals surface area contributed by atoms with Gasteiger partial charge in [0, 0.05) is 38.3 Å². The van der Waals surface area contributed by atoms with Gasteiger partial charge in [-0.1, -0.05) is 23.2 Å². The van der Waals surface area contributed by atoms with Crippen LogP contribution in [0.25, 0.3) is 0 Å². The number of rotatable bonds is 5. The number of hydrogen-bond donors (Lipinski definition) is 1. The van der Waals surface area contributed by atoms with Gasteiger partial charge in [-0.15, -0.1) is 0 Å². The molecule has 2 aliphatic heterocycles. The quantitative estimate of drug-likeness (QED) is 0.728. The molecule has 156 valence electrons. The van der Waals surface area contributed by atoms with E-state index < -0.39 is 16.3 Å². The first-order chi connectivity index (χ1) is 13.2. The maximum Gasteiger partial charge on any atom is 0.302 e. The summed E-state index contributed by atoms with van der Waals surface area (Å²) in [5, 5.41) is 11.5. The summed E-state index contributed by atoms with van der Waals surface area (Å²) >= 11 is 11.9. The normalized spacial score (nSPS) is 20.8. The van der Waals surface area contributed by atoms with Crippen LogP contribution in [0.4, 0.5) is 4.79 Å². The third-order valence-corrected chi connectivity index (χ3v) is 7.37. The van der Waals surface area contributed by atoms with Crippen LogP contribution in [0.1, 0.15) is 25.7 Å². The Morgan fingerprint density at radius 3 is 2.29 bits per heavy atom. The zero-order chi connectivity index (χ0) is 20.3. The molecule has 0 aliphatic carbocycles. The number of carbonyl (C=O) groups excluding carboxylic acids is 1. The molecule has 0 bridgehead atoms. The molecule has 1 aromatic rings. The molecule has 3 rings (SSSR count). The van der Waals surface area contributed by atoms with Crippen LogP contribution in [0.3, 0.4) is 0 Å². The lowest BCUT2D eigenvalue weighted by Crippen LogP contribution is -2.54. The first-order valence-electron chi connectivity index (χ1n) is 9.09. The Hall–Kier alpha value is -1.26. The zero-order valence-electron chi connectivity index (χ0n) is 15.1. The van der Waals surface area contributed by atoms with Gasteiger partial charge in [-0.2, -0.15) is 12.7 Å². The third-order valence-electron chi connectivity index (χ3n) is 5.16. The standard InChI is InChI=1S/C17H23Cl2N3O5S/c18-15-2-1-14(11-16(15)19)27-13-5-7-21(8-6-13)12-3-9-22(10-4-12)28(25,26)20-17(23)24/h1-2,11-13,20H,3-10H2,(H,23,24)/p-1.